The van der Waals surface area contributed by atoms with Crippen molar-refractivity contribution in [3.05, 3.63) is 218 Å². The third kappa shape index (κ3) is 6.25. The van der Waals surface area contributed by atoms with Gasteiger partial charge in [0.05, 0.1) is 11.0 Å². The lowest BCUT2D eigenvalue weighted by atomic mass is 10.1. The van der Waals surface area contributed by atoms with Crippen LogP contribution in [-0.4, -0.2) is 47.4 Å². The molecule has 0 fully saturated rings. The van der Waals surface area contributed by atoms with Crippen LogP contribution in [0, 0.1) is 0 Å². The average molecular weight is 837 g/mol. The monoisotopic (exact) mass is 836 g/mol. The zero-order chi connectivity index (χ0) is 42.5. The van der Waals surface area contributed by atoms with E-state index in [1.165, 1.54) is 5.19 Å². The Balaban J connectivity index is 1.11. The van der Waals surface area contributed by atoms with Gasteiger partial charge in [0.25, 0.3) is 8.24 Å². The molecule has 4 heterocycles. The lowest BCUT2D eigenvalue weighted by Crippen LogP contribution is -2.70. The Morgan fingerprint density at radius 1 is 0.297 bits per heavy atom. The standard InChI is InChI=1S/C55H36N8Si/c1-5-19-37(20-6-1)49-57-50(38-21-7-2-8-22-38)60-53(59-49)41-27-17-29-43(35-41)64(48-34-16-13-31-45(48)55-56-46-32-14-15-33-47(46)63(55)64)44-30-18-28-42(36-44)54-61-51(39-23-9-3-10-24-39)58-52(62-54)40-25-11-4-12-26-40/h1-36H. The summed E-state index contributed by atoms with van der Waals surface area (Å²) in [5.74, 6) is 4.62. The van der Waals surface area contributed by atoms with E-state index in [0.717, 1.165) is 66.2 Å². The van der Waals surface area contributed by atoms with Crippen molar-refractivity contribution in [2.24, 2.45) is 0 Å². The van der Waals surface area contributed by atoms with Crippen molar-refractivity contribution in [2.45, 2.75) is 0 Å². The average Bonchev–Trinajstić information content (AvgIpc) is 3.91. The molecule has 12 rings (SSSR count). The molecule has 300 valence electrons. The van der Waals surface area contributed by atoms with E-state index in [1.807, 2.05) is 121 Å². The molecule has 11 aromatic rings. The summed E-state index contributed by atoms with van der Waals surface area (Å²) in [6.07, 6.45) is 0. The number of imidazole rings is 1. The van der Waals surface area contributed by atoms with Crippen molar-refractivity contribution in [1.29, 1.82) is 0 Å². The Morgan fingerprint density at radius 2 is 0.656 bits per heavy atom. The highest BCUT2D eigenvalue weighted by molar-refractivity contribution is 7.12. The van der Waals surface area contributed by atoms with Crippen LogP contribution in [0.4, 0.5) is 0 Å². The molecule has 0 atom stereocenters. The molecule has 0 amide bonds. The molecule has 0 unspecified atom stereocenters. The minimum Gasteiger partial charge on any atom is -0.339 e. The van der Waals surface area contributed by atoms with E-state index in [0.29, 0.717) is 34.9 Å². The van der Waals surface area contributed by atoms with E-state index < -0.39 is 8.24 Å². The van der Waals surface area contributed by atoms with Crippen molar-refractivity contribution >= 4 is 34.8 Å². The summed E-state index contributed by atoms with van der Waals surface area (Å²) in [6.45, 7) is 0. The van der Waals surface area contributed by atoms with Crippen LogP contribution in [-0.2, 0) is 0 Å². The highest BCUT2D eigenvalue weighted by Crippen LogP contribution is 2.36. The molecule has 8 aromatic carbocycles. The minimum atomic E-state index is -3.26. The lowest BCUT2D eigenvalue weighted by Gasteiger charge is -2.32. The van der Waals surface area contributed by atoms with Crippen LogP contribution in [0.2, 0.25) is 0 Å². The largest absolute Gasteiger partial charge is 0.339 e. The van der Waals surface area contributed by atoms with Gasteiger partial charge >= 0.3 is 0 Å². The Bertz CT molecular complexity index is 3220. The van der Waals surface area contributed by atoms with Crippen LogP contribution in [0.15, 0.2) is 218 Å². The SMILES string of the molecule is c1ccc(-c2nc(-c3ccccc3)nc(-c3cccc([Si]4(c5cccc(-c6nc(-c7ccccc7)nc(-c7ccccc7)n6)c5)c5ccccc5-c5nc6ccccc6n54)c3)n2)cc1. The second-order valence-electron chi connectivity index (χ2n) is 15.8. The number of hydrogen-bond donors (Lipinski definition) is 0. The van der Waals surface area contributed by atoms with Crippen molar-refractivity contribution in [1.82, 2.24) is 39.1 Å². The Hall–Kier alpha value is -8.53. The number of para-hydroxylation sites is 2. The third-order valence-electron chi connectivity index (χ3n) is 11.9. The molecule has 0 saturated heterocycles. The first-order chi connectivity index (χ1) is 31.7. The molecule has 0 radical (unpaired) electrons. The molecule has 0 aliphatic carbocycles. The number of hydrogen-bond acceptors (Lipinski definition) is 7. The molecule has 64 heavy (non-hydrogen) atoms. The van der Waals surface area contributed by atoms with Gasteiger partial charge < -0.3 is 4.23 Å². The summed E-state index contributed by atoms with van der Waals surface area (Å²) in [6, 6.07) is 75.3. The summed E-state index contributed by atoms with van der Waals surface area (Å²) >= 11 is 0. The summed E-state index contributed by atoms with van der Waals surface area (Å²) in [5, 5.41) is 3.56. The fourth-order valence-corrected chi connectivity index (χ4v) is 14.1. The van der Waals surface area contributed by atoms with Crippen LogP contribution in [0.25, 0.3) is 90.7 Å². The fraction of sp³-hybridized carbons (Fsp3) is 0. The van der Waals surface area contributed by atoms with Crippen LogP contribution in [0.3, 0.4) is 0 Å². The van der Waals surface area contributed by atoms with Gasteiger partial charge in [0.15, 0.2) is 34.9 Å². The van der Waals surface area contributed by atoms with Crippen molar-refractivity contribution in [3.63, 3.8) is 0 Å². The van der Waals surface area contributed by atoms with E-state index in [1.54, 1.807) is 0 Å². The number of aromatic nitrogens is 8. The van der Waals surface area contributed by atoms with Crippen molar-refractivity contribution < 1.29 is 0 Å². The van der Waals surface area contributed by atoms with Crippen molar-refractivity contribution in [3.8, 4) is 79.7 Å². The first-order valence-electron chi connectivity index (χ1n) is 21.2. The van der Waals surface area contributed by atoms with Crippen molar-refractivity contribution in [2.75, 3.05) is 0 Å². The molecular formula is C55H36N8Si. The zero-order valence-corrected chi connectivity index (χ0v) is 35.4. The van der Waals surface area contributed by atoms with Gasteiger partial charge in [-0.25, -0.2) is 34.9 Å². The summed E-state index contributed by atoms with van der Waals surface area (Å²) in [5.41, 5.74) is 8.62. The molecule has 8 nitrogen and oxygen atoms in total. The number of benzene rings is 8. The second-order valence-corrected chi connectivity index (χ2v) is 19.3. The molecule has 9 heteroatoms. The predicted molar refractivity (Wildman–Crippen MR) is 257 cm³/mol. The molecule has 0 N–H and O–H groups in total. The molecule has 0 saturated carbocycles. The van der Waals surface area contributed by atoms with Gasteiger partial charge in [0.2, 0.25) is 0 Å². The molecule has 1 aliphatic rings. The van der Waals surface area contributed by atoms with Gasteiger partial charge in [-0.2, -0.15) is 0 Å². The molecular weight excluding hydrogens is 801 g/mol. The highest BCUT2D eigenvalue weighted by atomic mass is 28.3. The van der Waals surface area contributed by atoms with E-state index >= 15 is 0 Å². The molecule has 0 bridgehead atoms. The van der Waals surface area contributed by atoms with Gasteiger partial charge in [-0.15, -0.1) is 0 Å². The Morgan fingerprint density at radius 3 is 1.11 bits per heavy atom. The molecule has 3 aromatic heterocycles. The topological polar surface area (TPSA) is 95.2 Å². The van der Waals surface area contributed by atoms with Gasteiger partial charge in [0.1, 0.15) is 5.82 Å². The van der Waals surface area contributed by atoms with Crippen LogP contribution < -0.4 is 15.6 Å². The van der Waals surface area contributed by atoms with E-state index in [2.05, 4.69) is 101 Å². The Labute approximate surface area is 370 Å². The maximum Gasteiger partial charge on any atom is 0.259 e. The minimum absolute atomic E-state index is 0.599. The molecule has 0 spiro atoms. The normalized spacial score (nSPS) is 12.5. The summed E-state index contributed by atoms with van der Waals surface area (Å²) in [7, 11) is -3.26. The Kier molecular flexibility index (Phi) is 8.98. The van der Waals surface area contributed by atoms with Crippen LogP contribution in [0.1, 0.15) is 0 Å². The van der Waals surface area contributed by atoms with Gasteiger partial charge in [-0.05, 0) is 39.8 Å². The quantitative estimate of drug-likeness (QED) is 0.141. The highest BCUT2D eigenvalue weighted by Gasteiger charge is 2.51. The first kappa shape index (κ1) is 37.2. The van der Waals surface area contributed by atoms with E-state index in [4.69, 9.17) is 34.9 Å². The van der Waals surface area contributed by atoms with E-state index in [-0.39, 0.29) is 0 Å². The maximum absolute atomic E-state index is 5.35. The number of rotatable bonds is 8. The third-order valence-corrected chi connectivity index (χ3v) is 16.6. The van der Waals surface area contributed by atoms with Crippen LogP contribution in [0.5, 0.6) is 0 Å². The predicted octanol–water partition coefficient (Wildman–Crippen LogP) is 9.90. The fourth-order valence-electron chi connectivity index (χ4n) is 9.04. The van der Waals surface area contributed by atoms with E-state index in [9.17, 15) is 0 Å². The number of nitrogens with zero attached hydrogens (tertiary/aromatic N) is 8. The first-order valence-corrected chi connectivity index (χ1v) is 23.2. The maximum atomic E-state index is 5.35. The second kappa shape index (κ2) is 15.4. The number of fused-ring (bicyclic) bond motifs is 5. The lowest BCUT2D eigenvalue weighted by molar-refractivity contribution is 1.07. The summed E-state index contributed by atoms with van der Waals surface area (Å²) in [4.78, 5) is 36.0. The van der Waals surface area contributed by atoms with Gasteiger partial charge in [-0.3, -0.25) is 0 Å². The molecule has 1 aliphatic heterocycles. The van der Waals surface area contributed by atoms with Crippen LogP contribution >= 0.6 is 0 Å². The van der Waals surface area contributed by atoms with Gasteiger partial charge in [0, 0.05) is 38.9 Å². The zero-order valence-electron chi connectivity index (χ0n) is 34.4. The summed E-state index contributed by atoms with van der Waals surface area (Å²) < 4.78 is 2.54. The van der Waals surface area contributed by atoms with Gasteiger partial charge in [-0.1, -0.05) is 194 Å². The smallest absolute Gasteiger partial charge is 0.259 e.